The lowest BCUT2D eigenvalue weighted by Crippen LogP contribution is -2.58. The minimum absolute atomic E-state index is 0.273. The molecule has 58 valence electrons. The average molecular weight is 163 g/mol. The van der Waals surface area contributed by atoms with Crippen LogP contribution < -0.4 is 0 Å². The van der Waals surface area contributed by atoms with E-state index in [2.05, 4.69) is 0 Å². The lowest BCUT2D eigenvalue weighted by atomic mass is 9.88. The highest BCUT2D eigenvalue weighted by atomic mass is 35.5. The van der Waals surface area contributed by atoms with Crippen molar-refractivity contribution in [3.05, 3.63) is 0 Å². The van der Waals surface area contributed by atoms with E-state index in [0.717, 1.165) is 12.8 Å². The number of carbonyl (C=O) groups excluding carboxylic acids is 1. The fraction of sp³-hybridized carbons (Fsp3) is 0.857. The molecule has 1 rings (SSSR count). The normalized spacial score (nSPS) is 29.1. The molecule has 0 N–H and O–H groups in total. The van der Waals surface area contributed by atoms with Crippen molar-refractivity contribution >= 4 is 17.6 Å². The van der Waals surface area contributed by atoms with Crippen LogP contribution in [0.5, 0.6) is 0 Å². The zero-order chi connectivity index (χ0) is 7.78. The average Bonchev–Trinajstić information content (AvgIpc) is 1.99. The number of ether oxygens (including phenoxy) is 1. The van der Waals surface area contributed by atoms with E-state index in [1.807, 2.05) is 13.8 Å². The van der Waals surface area contributed by atoms with Gasteiger partial charge in [-0.05, 0) is 12.8 Å². The maximum atomic E-state index is 10.6. The lowest BCUT2D eigenvalue weighted by Gasteiger charge is -2.43. The van der Waals surface area contributed by atoms with E-state index in [-0.39, 0.29) is 11.6 Å². The molecule has 0 spiro atoms. The van der Waals surface area contributed by atoms with Crippen molar-refractivity contribution < 1.29 is 9.53 Å². The van der Waals surface area contributed by atoms with E-state index in [1.165, 1.54) is 0 Å². The molecule has 1 heterocycles. The summed E-state index contributed by atoms with van der Waals surface area (Å²) in [7, 11) is 0. The fourth-order valence-electron chi connectivity index (χ4n) is 1.21. The summed E-state index contributed by atoms with van der Waals surface area (Å²) in [4.78, 5) is 10.6. The van der Waals surface area contributed by atoms with Gasteiger partial charge in [-0.3, -0.25) is 4.79 Å². The predicted octanol–water partition coefficient (Wildman–Crippen LogP) is 1.71. The molecule has 0 aromatic heterocycles. The summed E-state index contributed by atoms with van der Waals surface area (Å²) in [5, 5.41) is -0.414. The number of rotatable bonds is 2. The van der Waals surface area contributed by atoms with E-state index in [4.69, 9.17) is 16.3 Å². The third kappa shape index (κ3) is 0.823. The van der Waals surface area contributed by atoms with Gasteiger partial charge in [0.2, 0.25) is 0 Å². The van der Waals surface area contributed by atoms with Crippen LogP contribution in [0, 0.1) is 0 Å². The predicted molar refractivity (Wildman–Crippen MR) is 39.0 cm³/mol. The van der Waals surface area contributed by atoms with E-state index in [1.54, 1.807) is 0 Å². The molecule has 1 saturated heterocycles. The number of hydrogen-bond donors (Lipinski definition) is 0. The van der Waals surface area contributed by atoms with Crippen molar-refractivity contribution in [2.75, 3.05) is 0 Å². The maximum Gasteiger partial charge on any atom is 0.328 e. The van der Waals surface area contributed by atoms with E-state index in [9.17, 15) is 4.79 Å². The van der Waals surface area contributed by atoms with Crippen molar-refractivity contribution in [2.24, 2.45) is 0 Å². The maximum absolute atomic E-state index is 10.6. The van der Waals surface area contributed by atoms with Crippen LogP contribution in [0.15, 0.2) is 0 Å². The monoisotopic (exact) mass is 162 g/mol. The largest absolute Gasteiger partial charge is 0.456 e. The molecule has 3 heteroatoms. The van der Waals surface area contributed by atoms with Crippen LogP contribution >= 0.6 is 11.6 Å². The quantitative estimate of drug-likeness (QED) is 0.457. The third-order valence-corrected chi connectivity index (χ3v) is 2.75. The van der Waals surface area contributed by atoms with Crippen LogP contribution in [-0.2, 0) is 9.53 Å². The van der Waals surface area contributed by atoms with Crippen molar-refractivity contribution in [1.29, 1.82) is 0 Å². The second kappa shape index (κ2) is 2.42. The van der Waals surface area contributed by atoms with Gasteiger partial charge >= 0.3 is 5.97 Å². The zero-order valence-corrected chi connectivity index (χ0v) is 6.94. The van der Waals surface area contributed by atoms with E-state index < -0.39 is 5.38 Å². The molecule has 0 aromatic rings. The summed E-state index contributed by atoms with van der Waals surface area (Å²) < 4.78 is 4.97. The number of esters is 1. The van der Waals surface area contributed by atoms with Crippen molar-refractivity contribution in [2.45, 2.75) is 37.7 Å². The Morgan fingerprint density at radius 1 is 1.60 bits per heavy atom. The molecule has 1 atom stereocenters. The molecule has 1 unspecified atom stereocenters. The molecule has 1 aliphatic heterocycles. The van der Waals surface area contributed by atoms with Crippen molar-refractivity contribution in [1.82, 2.24) is 0 Å². The first-order chi connectivity index (χ1) is 4.66. The molecule has 0 bridgehead atoms. The first-order valence-corrected chi connectivity index (χ1v) is 3.97. The van der Waals surface area contributed by atoms with Crippen LogP contribution in [0.25, 0.3) is 0 Å². The molecule has 10 heavy (non-hydrogen) atoms. The number of hydrogen-bond acceptors (Lipinski definition) is 2. The Morgan fingerprint density at radius 2 is 2.10 bits per heavy atom. The standard InChI is InChI=1S/C7H11ClO2/c1-3-7(4-2)5(8)6(9)10-7/h5H,3-4H2,1-2H3. The van der Waals surface area contributed by atoms with E-state index in [0.29, 0.717) is 0 Å². The second-order valence-electron chi connectivity index (χ2n) is 2.56. The second-order valence-corrected chi connectivity index (χ2v) is 2.99. The molecule has 0 saturated carbocycles. The zero-order valence-electron chi connectivity index (χ0n) is 6.19. The molecule has 1 aliphatic rings. The lowest BCUT2D eigenvalue weighted by molar-refractivity contribution is -0.190. The minimum Gasteiger partial charge on any atom is -0.456 e. The Balaban J connectivity index is 2.62. The van der Waals surface area contributed by atoms with Gasteiger partial charge in [-0.15, -0.1) is 11.6 Å². The third-order valence-electron chi connectivity index (χ3n) is 2.17. The number of carbonyl (C=O) groups is 1. The first kappa shape index (κ1) is 7.86. The highest BCUT2D eigenvalue weighted by Crippen LogP contribution is 2.38. The molecule has 2 nitrogen and oxygen atoms in total. The van der Waals surface area contributed by atoms with Gasteiger partial charge in [0.05, 0.1) is 0 Å². The molecule has 0 aromatic carbocycles. The number of halogens is 1. The smallest absolute Gasteiger partial charge is 0.328 e. The van der Waals surface area contributed by atoms with Crippen LogP contribution in [-0.4, -0.2) is 16.9 Å². The van der Waals surface area contributed by atoms with Gasteiger partial charge in [0.15, 0.2) is 5.38 Å². The fourth-order valence-corrected chi connectivity index (χ4v) is 1.61. The van der Waals surface area contributed by atoms with Gasteiger partial charge in [-0.1, -0.05) is 13.8 Å². The van der Waals surface area contributed by atoms with Crippen LogP contribution in [0.1, 0.15) is 26.7 Å². The van der Waals surface area contributed by atoms with Crippen LogP contribution in [0.4, 0.5) is 0 Å². The Morgan fingerprint density at radius 3 is 2.20 bits per heavy atom. The topological polar surface area (TPSA) is 26.3 Å². The molecule has 0 amide bonds. The minimum atomic E-state index is -0.414. The molecule has 0 aliphatic carbocycles. The summed E-state index contributed by atoms with van der Waals surface area (Å²) in [5.74, 6) is -0.273. The van der Waals surface area contributed by atoms with Crippen molar-refractivity contribution in [3.8, 4) is 0 Å². The Labute approximate surface area is 65.5 Å². The highest BCUT2D eigenvalue weighted by Gasteiger charge is 2.53. The Hall–Kier alpha value is -0.240. The summed E-state index contributed by atoms with van der Waals surface area (Å²) in [6, 6.07) is 0. The molecule has 1 fully saturated rings. The van der Waals surface area contributed by atoms with Gasteiger partial charge in [0.1, 0.15) is 5.60 Å². The van der Waals surface area contributed by atoms with Crippen molar-refractivity contribution in [3.63, 3.8) is 0 Å². The van der Waals surface area contributed by atoms with Crippen LogP contribution in [0.3, 0.4) is 0 Å². The Bertz CT molecular complexity index is 152. The number of alkyl halides is 1. The molecule has 0 radical (unpaired) electrons. The summed E-state index contributed by atoms with van der Waals surface area (Å²) >= 11 is 5.75. The number of cyclic esters (lactones) is 1. The highest BCUT2D eigenvalue weighted by molar-refractivity contribution is 6.32. The van der Waals surface area contributed by atoms with Crippen LogP contribution in [0.2, 0.25) is 0 Å². The molecular weight excluding hydrogens is 152 g/mol. The van der Waals surface area contributed by atoms with Gasteiger partial charge < -0.3 is 4.74 Å². The Kier molecular flexibility index (Phi) is 1.90. The summed E-state index contributed by atoms with van der Waals surface area (Å²) in [6.07, 6.45) is 1.62. The first-order valence-electron chi connectivity index (χ1n) is 3.53. The summed E-state index contributed by atoms with van der Waals surface area (Å²) in [5.41, 5.74) is -0.349. The van der Waals surface area contributed by atoms with Gasteiger partial charge in [0, 0.05) is 0 Å². The SMILES string of the molecule is CCC1(CC)OC(=O)C1Cl. The summed E-state index contributed by atoms with van der Waals surface area (Å²) in [6.45, 7) is 3.96. The van der Waals surface area contributed by atoms with E-state index >= 15 is 0 Å². The van der Waals surface area contributed by atoms with Gasteiger partial charge in [-0.25, -0.2) is 0 Å². The molecular formula is C7H11ClO2. The van der Waals surface area contributed by atoms with Gasteiger partial charge in [0.25, 0.3) is 0 Å². The van der Waals surface area contributed by atoms with Gasteiger partial charge in [-0.2, -0.15) is 0 Å².